The normalized spacial score (nSPS) is 27.9. The first kappa shape index (κ1) is 19.2. The minimum absolute atomic E-state index is 0.00530. The summed E-state index contributed by atoms with van der Waals surface area (Å²) in [7, 11) is 3.38. The molecule has 144 valence electrons. The monoisotopic (exact) mass is 360 g/mol. The first-order valence-corrected chi connectivity index (χ1v) is 9.78. The van der Waals surface area contributed by atoms with Gasteiger partial charge in [0.1, 0.15) is 5.75 Å². The van der Waals surface area contributed by atoms with Crippen molar-refractivity contribution >= 4 is 5.91 Å². The van der Waals surface area contributed by atoms with Crippen LogP contribution in [0.4, 0.5) is 0 Å². The molecule has 1 aromatic rings. The number of methoxy groups -OCH3 is 2. The lowest BCUT2D eigenvalue weighted by Gasteiger charge is -2.34. The molecule has 0 spiro atoms. The third-order valence-corrected chi connectivity index (χ3v) is 6.37. The molecule has 3 rings (SSSR count). The van der Waals surface area contributed by atoms with Crippen LogP contribution in [0.2, 0.25) is 0 Å². The first-order valence-electron chi connectivity index (χ1n) is 9.78. The molecule has 5 nitrogen and oxygen atoms in total. The van der Waals surface area contributed by atoms with Crippen LogP contribution in [0.15, 0.2) is 24.3 Å². The Bertz CT molecular complexity index is 596. The van der Waals surface area contributed by atoms with Crippen LogP contribution in [0.25, 0.3) is 0 Å². The fourth-order valence-corrected chi connectivity index (χ4v) is 4.67. The highest BCUT2D eigenvalue weighted by Crippen LogP contribution is 2.41. The number of amides is 1. The predicted octanol–water partition coefficient (Wildman–Crippen LogP) is 2.77. The zero-order valence-electron chi connectivity index (χ0n) is 16.0. The molecule has 5 heteroatoms. The second-order valence-electron chi connectivity index (χ2n) is 7.88. The predicted molar refractivity (Wildman–Crippen MR) is 102 cm³/mol. The highest BCUT2D eigenvalue weighted by molar-refractivity contribution is 5.79. The van der Waals surface area contributed by atoms with Crippen molar-refractivity contribution in [2.45, 2.75) is 62.5 Å². The van der Waals surface area contributed by atoms with Crippen LogP contribution in [0.1, 0.15) is 50.5 Å². The van der Waals surface area contributed by atoms with Gasteiger partial charge in [-0.25, -0.2) is 0 Å². The second-order valence-corrected chi connectivity index (χ2v) is 7.88. The van der Waals surface area contributed by atoms with Crippen molar-refractivity contribution in [1.29, 1.82) is 0 Å². The van der Waals surface area contributed by atoms with Crippen molar-refractivity contribution in [3.63, 3.8) is 0 Å². The summed E-state index contributed by atoms with van der Waals surface area (Å²) in [5, 5.41) is 3.25. The Balaban J connectivity index is 1.62. The zero-order valence-corrected chi connectivity index (χ0v) is 16.0. The van der Waals surface area contributed by atoms with E-state index in [1.165, 1.54) is 18.4 Å². The Hall–Kier alpha value is -1.59. The molecule has 2 fully saturated rings. The summed E-state index contributed by atoms with van der Waals surface area (Å²) in [6.07, 6.45) is 7.18. The van der Waals surface area contributed by atoms with E-state index in [1.807, 2.05) is 12.1 Å². The van der Waals surface area contributed by atoms with E-state index in [2.05, 4.69) is 17.4 Å². The topological polar surface area (TPSA) is 73.6 Å². The largest absolute Gasteiger partial charge is 0.497 e. The molecule has 1 aromatic carbocycles. The lowest BCUT2D eigenvalue weighted by molar-refractivity contribution is -0.127. The maximum atomic E-state index is 12.7. The van der Waals surface area contributed by atoms with E-state index in [0.29, 0.717) is 13.0 Å². The number of benzene rings is 1. The second kappa shape index (κ2) is 8.40. The van der Waals surface area contributed by atoms with Gasteiger partial charge < -0.3 is 20.5 Å². The molecule has 0 radical (unpaired) electrons. The summed E-state index contributed by atoms with van der Waals surface area (Å²) in [5.74, 6) is 1.02. The Morgan fingerprint density at radius 2 is 1.88 bits per heavy atom. The van der Waals surface area contributed by atoms with Gasteiger partial charge in [-0.1, -0.05) is 25.0 Å². The number of carbonyl (C=O) groups excluding carboxylic acids is 1. The molecule has 26 heavy (non-hydrogen) atoms. The molecule has 0 bridgehead atoms. The molecule has 3 N–H and O–H groups in total. The minimum Gasteiger partial charge on any atom is -0.497 e. The fraction of sp³-hybridized carbons (Fsp3) is 0.667. The number of carbonyl (C=O) groups is 1. The van der Waals surface area contributed by atoms with Crippen molar-refractivity contribution in [2.75, 3.05) is 20.8 Å². The third kappa shape index (κ3) is 4.04. The Morgan fingerprint density at radius 3 is 2.46 bits per heavy atom. The van der Waals surface area contributed by atoms with E-state index < -0.39 is 0 Å². The van der Waals surface area contributed by atoms with Gasteiger partial charge in [-0.05, 0) is 49.8 Å². The van der Waals surface area contributed by atoms with Gasteiger partial charge in [-0.15, -0.1) is 0 Å². The van der Waals surface area contributed by atoms with Crippen LogP contribution < -0.4 is 15.8 Å². The van der Waals surface area contributed by atoms with Gasteiger partial charge in [0, 0.05) is 31.0 Å². The first-order chi connectivity index (χ1) is 12.6. The summed E-state index contributed by atoms with van der Waals surface area (Å²) < 4.78 is 10.7. The number of hydrogen-bond donors (Lipinski definition) is 2. The summed E-state index contributed by atoms with van der Waals surface area (Å²) in [6.45, 7) is 0.706. The molecule has 1 amide bonds. The Kier molecular flexibility index (Phi) is 6.20. The van der Waals surface area contributed by atoms with E-state index in [4.69, 9.17) is 15.2 Å². The number of rotatable bonds is 6. The fourth-order valence-electron chi connectivity index (χ4n) is 4.67. The molecular formula is C21H32N2O3. The van der Waals surface area contributed by atoms with Crippen molar-refractivity contribution in [3.05, 3.63) is 29.8 Å². The van der Waals surface area contributed by atoms with E-state index >= 15 is 0 Å². The van der Waals surface area contributed by atoms with Crippen molar-refractivity contribution in [3.8, 4) is 5.75 Å². The average Bonchev–Trinajstić information content (AvgIpc) is 3.16. The quantitative estimate of drug-likeness (QED) is 0.818. The van der Waals surface area contributed by atoms with Crippen LogP contribution in [0, 0.1) is 5.92 Å². The van der Waals surface area contributed by atoms with E-state index in [-0.39, 0.29) is 29.4 Å². The van der Waals surface area contributed by atoms with Gasteiger partial charge in [-0.2, -0.15) is 0 Å². The lowest BCUT2D eigenvalue weighted by atomic mass is 9.78. The molecular weight excluding hydrogens is 328 g/mol. The molecule has 0 heterocycles. The van der Waals surface area contributed by atoms with Gasteiger partial charge in [-0.3, -0.25) is 4.79 Å². The molecule has 3 atom stereocenters. The van der Waals surface area contributed by atoms with E-state index in [9.17, 15) is 4.79 Å². The number of ether oxygens (including phenoxy) is 2. The maximum absolute atomic E-state index is 12.7. The Labute approximate surface area is 156 Å². The number of nitrogens with two attached hydrogens (primary N) is 1. The van der Waals surface area contributed by atoms with Crippen LogP contribution >= 0.6 is 0 Å². The highest BCUT2D eigenvalue weighted by Gasteiger charge is 2.37. The zero-order chi connectivity index (χ0) is 18.6. The molecule has 2 saturated carbocycles. The molecule has 2 aliphatic rings. The van der Waals surface area contributed by atoms with Crippen molar-refractivity contribution in [1.82, 2.24) is 5.32 Å². The average molecular weight is 360 g/mol. The van der Waals surface area contributed by atoms with Gasteiger partial charge in [0.25, 0.3) is 0 Å². The van der Waals surface area contributed by atoms with Crippen molar-refractivity contribution < 1.29 is 14.3 Å². The van der Waals surface area contributed by atoms with Gasteiger partial charge in [0.05, 0.1) is 13.2 Å². The molecule has 0 saturated heterocycles. The summed E-state index contributed by atoms with van der Waals surface area (Å²) in [5.41, 5.74) is 7.51. The maximum Gasteiger partial charge on any atom is 0.223 e. The standard InChI is InChI=1S/C21H32N2O3/c1-25-17-8-6-16(7-9-17)21(11-3-4-12-21)14-23-20(24)15-5-10-19(26-2)18(22)13-15/h6-9,15,18-19H,3-5,10-14,22H2,1-2H3,(H,23,24)/t15-,18+,19+/m0/s1. The number of nitrogens with one attached hydrogen (secondary N) is 1. The molecule has 0 aromatic heterocycles. The van der Waals surface area contributed by atoms with Crippen molar-refractivity contribution in [2.24, 2.45) is 11.7 Å². The van der Waals surface area contributed by atoms with Crippen LogP contribution in [0.5, 0.6) is 5.75 Å². The van der Waals surface area contributed by atoms with E-state index in [0.717, 1.165) is 31.4 Å². The highest BCUT2D eigenvalue weighted by atomic mass is 16.5. The van der Waals surface area contributed by atoms with E-state index in [1.54, 1.807) is 14.2 Å². The summed E-state index contributed by atoms with van der Waals surface area (Å²) in [6, 6.07) is 8.28. The number of hydrogen-bond acceptors (Lipinski definition) is 4. The molecule has 0 unspecified atom stereocenters. The third-order valence-electron chi connectivity index (χ3n) is 6.37. The lowest BCUT2D eigenvalue weighted by Crippen LogP contribution is -2.47. The van der Waals surface area contributed by atoms with Crippen LogP contribution in [0.3, 0.4) is 0 Å². The SMILES string of the molecule is COc1ccc(C2(CNC(=O)[C@H]3CC[C@@H](OC)[C@H](N)C3)CCCC2)cc1. The summed E-state index contributed by atoms with van der Waals surface area (Å²) in [4.78, 5) is 12.7. The van der Waals surface area contributed by atoms with Gasteiger partial charge in [0.15, 0.2) is 0 Å². The van der Waals surface area contributed by atoms with Crippen LogP contribution in [-0.4, -0.2) is 38.8 Å². The molecule has 2 aliphatic carbocycles. The smallest absolute Gasteiger partial charge is 0.223 e. The molecule has 0 aliphatic heterocycles. The van der Waals surface area contributed by atoms with Gasteiger partial charge >= 0.3 is 0 Å². The Morgan fingerprint density at radius 1 is 1.19 bits per heavy atom. The summed E-state index contributed by atoms with van der Waals surface area (Å²) >= 11 is 0. The van der Waals surface area contributed by atoms with Gasteiger partial charge in [0.2, 0.25) is 5.91 Å². The minimum atomic E-state index is -0.0495. The van der Waals surface area contributed by atoms with Crippen LogP contribution in [-0.2, 0) is 14.9 Å².